The van der Waals surface area contributed by atoms with Gasteiger partial charge in [-0.15, -0.1) is 0 Å². The molecule has 0 bridgehead atoms. The quantitative estimate of drug-likeness (QED) is 0.144. The number of hydrogen-bond donors (Lipinski definition) is 0. The molecule has 0 spiro atoms. The first-order chi connectivity index (χ1) is 15.7. The maximum atomic E-state index is 11.1. The summed E-state index contributed by atoms with van der Waals surface area (Å²) in [7, 11) is 0. The van der Waals surface area contributed by atoms with E-state index < -0.39 is 0 Å². The fourth-order valence-corrected chi connectivity index (χ4v) is 3.18. The van der Waals surface area contributed by atoms with Crippen LogP contribution in [-0.2, 0) is 16.0 Å². The van der Waals surface area contributed by atoms with Gasteiger partial charge in [0.1, 0.15) is 5.75 Å². The number of benzene rings is 3. The zero-order chi connectivity index (χ0) is 22.6. The van der Waals surface area contributed by atoms with Crippen molar-refractivity contribution in [3.63, 3.8) is 0 Å². The van der Waals surface area contributed by atoms with E-state index in [9.17, 15) is 4.79 Å². The van der Waals surface area contributed by atoms with Crippen molar-refractivity contribution in [2.45, 2.75) is 26.2 Å². The first-order valence-corrected chi connectivity index (χ1v) is 11.1. The average Bonchev–Trinajstić information content (AvgIpc) is 2.84. The van der Waals surface area contributed by atoms with Crippen molar-refractivity contribution >= 4 is 18.1 Å². The zero-order valence-corrected chi connectivity index (χ0v) is 18.6. The molecular formula is C29H30O3. The van der Waals surface area contributed by atoms with E-state index in [4.69, 9.17) is 9.47 Å². The maximum Gasteiger partial charge on any atom is 0.330 e. The first kappa shape index (κ1) is 23.1. The van der Waals surface area contributed by atoms with Crippen LogP contribution in [0.4, 0.5) is 0 Å². The van der Waals surface area contributed by atoms with Crippen molar-refractivity contribution in [2.24, 2.45) is 0 Å². The molecular weight excluding hydrogens is 396 g/mol. The Morgan fingerprint density at radius 3 is 1.94 bits per heavy atom. The van der Waals surface area contributed by atoms with Gasteiger partial charge >= 0.3 is 5.97 Å². The minimum absolute atomic E-state index is 0.362. The SMILES string of the molecule is C=CC(=O)OCCc1ccc(/C=C/c2ccc(-c3ccc(OCCCC)cc3)cc2)cc1. The van der Waals surface area contributed by atoms with Crippen molar-refractivity contribution in [2.75, 3.05) is 13.2 Å². The molecule has 0 aliphatic heterocycles. The minimum atomic E-state index is -0.385. The van der Waals surface area contributed by atoms with Crippen LogP contribution in [0.25, 0.3) is 23.3 Å². The number of carbonyl (C=O) groups is 1. The Labute approximate surface area is 191 Å². The molecule has 0 amide bonds. The molecule has 0 atom stereocenters. The number of esters is 1. The third-order valence-corrected chi connectivity index (χ3v) is 5.11. The fourth-order valence-electron chi connectivity index (χ4n) is 3.18. The lowest BCUT2D eigenvalue weighted by atomic mass is 10.0. The van der Waals surface area contributed by atoms with Gasteiger partial charge in [-0.05, 0) is 46.4 Å². The van der Waals surface area contributed by atoms with Gasteiger partial charge in [-0.25, -0.2) is 4.79 Å². The van der Waals surface area contributed by atoms with E-state index in [1.54, 1.807) is 0 Å². The van der Waals surface area contributed by atoms with Gasteiger partial charge in [0.05, 0.1) is 13.2 Å². The molecule has 0 N–H and O–H groups in total. The average molecular weight is 427 g/mol. The van der Waals surface area contributed by atoms with Crippen LogP contribution in [0.15, 0.2) is 85.5 Å². The molecule has 0 saturated carbocycles. The number of hydrogen-bond acceptors (Lipinski definition) is 3. The molecule has 0 saturated heterocycles. The molecule has 3 aromatic rings. The second-order valence-corrected chi connectivity index (χ2v) is 7.54. The summed E-state index contributed by atoms with van der Waals surface area (Å²) in [5.74, 6) is 0.537. The Balaban J connectivity index is 1.53. The molecule has 0 aliphatic rings. The van der Waals surface area contributed by atoms with Crippen LogP contribution in [0.5, 0.6) is 5.75 Å². The number of ether oxygens (including phenoxy) is 2. The summed E-state index contributed by atoms with van der Waals surface area (Å²) in [6.07, 6.45) is 8.29. The van der Waals surface area contributed by atoms with Crippen molar-refractivity contribution < 1.29 is 14.3 Å². The summed E-state index contributed by atoms with van der Waals surface area (Å²) in [6, 6.07) is 25.1. The highest BCUT2D eigenvalue weighted by Gasteiger charge is 2.00. The predicted octanol–water partition coefficient (Wildman–Crippen LogP) is 6.97. The van der Waals surface area contributed by atoms with Gasteiger partial charge in [0.2, 0.25) is 0 Å². The normalized spacial score (nSPS) is 10.8. The van der Waals surface area contributed by atoms with Crippen molar-refractivity contribution in [1.29, 1.82) is 0 Å². The van der Waals surface area contributed by atoms with E-state index in [1.165, 1.54) is 17.2 Å². The predicted molar refractivity (Wildman–Crippen MR) is 133 cm³/mol. The number of rotatable bonds is 11. The van der Waals surface area contributed by atoms with Gasteiger partial charge in [-0.1, -0.05) is 92.7 Å². The summed E-state index contributed by atoms with van der Waals surface area (Å²) in [5.41, 5.74) is 5.76. The van der Waals surface area contributed by atoms with Crippen LogP contribution in [0.3, 0.4) is 0 Å². The number of unbranched alkanes of at least 4 members (excludes halogenated alkanes) is 1. The van der Waals surface area contributed by atoms with Crippen LogP contribution in [0.2, 0.25) is 0 Å². The molecule has 0 heterocycles. The van der Waals surface area contributed by atoms with Crippen LogP contribution in [0, 0.1) is 0 Å². The van der Waals surface area contributed by atoms with Crippen molar-refractivity contribution in [3.05, 3.63) is 102 Å². The highest BCUT2D eigenvalue weighted by atomic mass is 16.5. The monoisotopic (exact) mass is 426 g/mol. The van der Waals surface area contributed by atoms with Gasteiger partial charge < -0.3 is 9.47 Å². The second-order valence-electron chi connectivity index (χ2n) is 7.54. The number of carbonyl (C=O) groups excluding carboxylic acids is 1. The van der Waals surface area contributed by atoms with Crippen molar-refractivity contribution in [3.8, 4) is 16.9 Å². The third-order valence-electron chi connectivity index (χ3n) is 5.11. The van der Waals surface area contributed by atoms with Gasteiger partial charge in [-0.2, -0.15) is 0 Å². The Kier molecular flexibility index (Phi) is 8.88. The van der Waals surface area contributed by atoms with Gasteiger partial charge in [-0.3, -0.25) is 0 Å². The first-order valence-electron chi connectivity index (χ1n) is 11.1. The summed E-state index contributed by atoms with van der Waals surface area (Å²) in [5, 5.41) is 0. The standard InChI is InChI=1S/C29H30O3/c1-3-5-21-31-28-18-16-27(17-19-28)26-14-12-24(13-15-26)7-6-23-8-10-25(11-9-23)20-22-32-29(30)4-2/h4,6-19H,2-3,5,20-22H2,1H3/b7-6+. The van der Waals surface area contributed by atoms with Gasteiger partial charge in [0.15, 0.2) is 0 Å². The zero-order valence-electron chi connectivity index (χ0n) is 18.6. The van der Waals surface area contributed by atoms with E-state index in [-0.39, 0.29) is 5.97 Å². The summed E-state index contributed by atoms with van der Waals surface area (Å²) >= 11 is 0. The Morgan fingerprint density at radius 1 is 0.812 bits per heavy atom. The lowest BCUT2D eigenvalue weighted by Crippen LogP contribution is -2.04. The minimum Gasteiger partial charge on any atom is -0.494 e. The van der Waals surface area contributed by atoms with E-state index in [0.717, 1.165) is 41.9 Å². The summed E-state index contributed by atoms with van der Waals surface area (Å²) in [4.78, 5) is 11.1. The maximum absolute atomic E-state index is 11.1. The second kappa shape index (κ2) is 12.3. The molecule has 0 aromatic heterocycles. The largest absolute Gasteiger partial charge is 0.494 e. The van der Waals surface area contributed by atoms with Crippen LogP contribution < -0.4 is 4.74 Å². The molecule has 32 heavy (non-hydrogen) atoms. The molecule has 0 fully saturated rings. The fraction of sp³-hybridized carbons (Fsp3) is 0.207. The summed E-state index contributed by atoms with van der Waals surface area (Å²) in [6.45, 7) is 6.68. The smallest absolute Gasteiger partial charge is 0.330 e. The highest BCUT2D eigenvalue weighted by molar-refractivity contribution is 5.81. The summed E-state index contributed by atoms with van der Waals surface area (Å²) < 4.78 is 10.8. The van der Waals surface area contributed by atoms with E-state index >= 15 is 0 Å². The van der Waals surface area contributed by atoms with Gasteiger partial charge in [0, 0.05) is 12.5 Å². The Hall–Kier alpha value is -3.59. The molecule has 0 aliphatic carbocycles. The van der Waals surface area contributed by atoms with Gasteiger partial charge in [0.25, 0.3) is 0 Å². The molecule has 3 heteroatoms. The molecule has 3 nitrogen and oxygen atoms in total. The Morgan fingerprint density at radius 2 is 1.38 bits per heavy atom. The van der Waals surface area contributed by atoms with E-state index in [0.29, 0.717) is 13.0 Å². The topological polar surface area (TPSA) is 35.5 Å². The molecule has 3 rings (SSSR count). The third kappa shape index (κ3) is 7.28. The lowest BCUT2D eigenvalue weighted by molar-refractivity contribution is -0.137. The van der Waals surface area contributed by atoms with E-state index in [2.05, 4.69) is 86.3 Å². The molecule has 0 radical (unpaired) electrons. The Bertz CT molecular complexity index is 1010. The van der Waals surface area contributed by atoms with Crippen LogP contribution >= 0.6 is 0 Å². The molecule has 3 aromatic carbocycles. The molecule has 0 unspecified atom stereocenters. The van der Waals surface area contributed by atoms with E-state index in [1.807, 2.05) is 12.1 Å². The highest BCUT2D eigenvalue weighted by Crippen LogP contribution is 2.23. The van der Waals surface area contributed by atoms with Crippen LogP contribution in [0.1, 0.15) is 36.5 Å². The van der Waals surface area contributed by atoms with Crippen molar-refractivity contribution in [1.82, 2.24) is 0 Å². The lowest BCUT2D eigenvalue weighted by Gasteiger charge is -2.07. The molecule has 164 valence electrons. The van der Waals surface area contributed by atoms with Crippen LogP contribution in [-0.4, -0.2) is 19.2 Å².